The fraction of sp³-hybridized carbons (Fsp3) is 0.846. The summed E-state index contributed by atoms with van der Waals surface area (Å²) in [5.41, 5.74) is 5.83. The molecule has 2 unspecified atom stereocenters. The molecule has 0 aromatic carbocycles. The van der Waals surface area contributed by atoms with Crippen LogP contribution in [-0.4, -0.2) is 41.0 Å². The van der Waals surface area contributed by atoms with E-state index < -0.39 is 5.97 Å². The van der Waals surface area contributed by atoms with Gasteiger partial charge in [-0.3, -0.25) is 9.59 Å². The van der Waals surface area contributed by atoms with Crippen LogP contribution in [0.1, 0.15) is 38.5 Å². The molecule has 2 atom stereocenters. The Hall–Kier alpha value is -1.10. The second-order valence-electron chi connectivity index (χ2n) is 5.64. The predicted octanol–water partition coefficient (Wildman–Crippen LogP) is 0.827. The van der Waals surface area contributed by atoms with E-state index >= 15 is 0 Å². The molecule has 0 aromatic heterocycles. The Morgan fingerprint density at radius 2 is 1.83 bits per heavy atom. The van der Waals surface area contributed by atoms with Crippen molar-refractivity contribution < 1.29 is 14.7 Å². The van der Waals surface area contributed by atoms with E-state index in [0.29, 0.717) is 13.1 Å². The monoisotopic (exact) mass is 254 g/mol. The van der Waals surface area contributed by atoms with Crippen molar-refractivity contribution in [3.05, 3.63) is 0 Å². The molecule has 1 heterocycles. The highest BCUT2D eigenvalue weighted by Crippen LogP contribution is 2.28. The first kappa shape index (κ1) is 13.3. The molecule has 5 nitrogen and oxygen atoms in total. The summed E-state index contributed by atoms with van der Waals surface area (Å²) >= 11 is 0. The molecule has 0 bridgehead atoms. The fourth-order valence-electron chi connectivity index (χ4n) is 3.10. The molecular formula is C13H22N2O3. The first-order valence-corrected chi connectivity index (χ1v) is 6.82. The maximum Gasteiger partial charge on any atom is 0.303 e. The predicted molar refractivity (Wildman–Crippen MR) is 66.9 cm³/mol. The third kappa shape index (κ3) is 3.22. The number of rotatable bonds is 3. The van der Waals surface area contributed by atoms with Crippen molar-refractivity contribution in [3.8, 4) is 0 Å². The molecule has 1 aliphatic carbocycles. The van der Waals surface area contributed by atoms with E-state index in [-0.39, 0.29) is 30.2 Å². The van der Waals surface area contributed by atoms with Crippen molar-refractivity contribution >= 4 is 11.9 Å². The summed E-state index contributed by atoms with van der Waals surface area (Å²) in [7, 11) is 0. The molecule has 102 valence electrons. The number of carbonyl (C=O) groups excluding carboxylic acids is 1. The van der Waals surface area contributed by atoms with Gasteiger partial charge in [0.2, 0.25) is 5.91 Å². The molecule has 1 saturated carbocycles. The zero-order chi connectivity index (χ0) is 13.1. The van der Waals surface area contributed by atoms with E-state index in [1.165, 1.54) is 0 Å². The van der Waals surface area contributed by atoms with Gasteiger partial charge >= 0.3 is 5.97 Å². The molecule has 0 aromatic rings. The van der Waals surface area contributed by atoms with Gasteiger partial charge in [0.1, 0.15) is 0 Å². The molecule has 18 heavy (non-hydrogen) atoms. The maximum atomic E-state index is 12.2. The van der Waals surface area contributed by atoms with Crippen LogP contribution in [0.25, 0.3) is 0 Å². The van der Waals surface area contributed by atoms with Crippen molar-refractivity contribution in [3.63, 3.8) is 0 Å². The number of amides is 1. The Labute approximate surface area is 107 Å². The smallest absolute Gasteiger partial charge is 0.303 e. The summed E-state index contributed by atoms with van der Waals surface area (Å²) in [6.45, 7) is 1.42. The van der Waals surface area contributed by atoms with Gasteiger partial charge in [-0.1, -0.05) is 0 Å². The third-order valence-electron chi connectivity index (χ3n) is 4.21. The number of carbonyl (C=O) groups is 2. The average molecular weight is 254 g/mol. The number of nitrogens with zero attached hydrogens (tertiary/aromatic N) is 1. The molecule has 1 amide bonds. The lowest BCUT2D eigenvalue weighted by atomic mass is 9.92. The SMILES string of the molecule is NC1CCC(C(=O)N2CCC(CC(=O)O)CC2)C1. The molecule has 2 rings (SSSR count). The lowest BCUT2D eigenvalue weighted by Gasteiger charge is -2.33. The highest BCUT2D eigenvalue weighted by Gasteiger charge is 2.32. The van der Waals surface area contributed by atoms with Crippen LogP contribution in [-0.2, 0) is 9.59 Å². The van der Waals surface area contributed by atoms with E-state index in [4.69, 9.17) is 10.8 Å². The number of hydrogen-bond acceptors (Lipinski definition) is 3. The van der Waals surface area contributed by atoms with E-state index in [2.05, 4.69) is 0 Å². The minimum absolute atomic E-state index is 0.107. The van der Waals surface area contributed by atoms with Crippen LogP contribution in [0.15, 0.2) is 0 Å². The normalized spacial score (nSPS) is 29.5. The molecule has 3 N–H and O–H groups in total. The van der Waals surface area contributed by atoms with Gasteiger partial charge in [0.05, 0.1) is 0 Å². The number of carboxylic acid groups (broad SMARTS) is 1. The third-order valence-corrected chi connectivity index (χ3v) is 4.21. The standard InChI is InChI=1S/C13H22N2O3/c14-11-2-1-10(8-11)13(18)15-5-3-9(4-6-15)7-12(16)17/h9-11H,1-8,14H2,(H,16,17). The Bertz CT molecular complexity index is 324. The van der Waals surface area contributed by atoms with Crippen LogP contribution in [0.2, 0.25) is 0 Å². The van der Waals surface area contributed by atoms with Crippen LogP contribution in [0.4, 0.5) is 0 Å². The Morgan fingerprint density at radius 1 is 1.17 bits per heavy atom. The Balaban J connectivity index is 1.79. The van der Waals surface area contributed by atoms with Crippen molar-refractivity contribution in [1.82, 2.24) is 4.90 Å². The van der Waals surface area contributed by atoms with E-state index in [0.717, 1.165) is 32.1 Å². The number of hydrogen-bond donors (Lipinski definition) is 2. The molecule has 5 heteroatoms. The zero-order valence-electron chi connectivity index (χ0n) is 10.7. The van der Waals surface area contributed by atoms with Gasteiger partial charge in [0.15, 0.2) is 0 Å². The minimum atomic E-state index is -0.735. The number of carboxylic acids is 1. The summed E-state index contributed by atoms with van der Waals surface area (Å²) in [5, 5.41) is 8.75. The zero-order valence-corrected chi connectivity index (χ0v) is 10.7. The summed E-state index contributed by atoms with van der Waals surface area (Å²) in [4.78, 5) is 24.8. The summed E-state index contributed by atoms with van der Waals surface area (Å²) in [6, 6.07) is 0.184. The van der Waals surface area contributed by atoms with Gasteiger partial charge in [-0.2, -0.15) is 0 Å². The molecule has 0 radical (unpaired) electrons. The van der Waals surface area contributed by atoms with Gasteiger partial charge in [0.25, 0.3) is 0 Å². The van der Waals surface area contributed by atoms with Crippen LogP contribution in [0, 0.1) is 11.8 Å². The summed E-state index contributed by atoms with van der Waals surface area (Å²) in [5.74, 6) is -0.160. The molecule has 1 aliphatic heterocycles. The van der Waals surface area contributed by atoms with E-state index in [1.54, 1.807) is 0 Å². The van der Waals surface area contributed by atoms with Gasteiger partial charge in [-0.15, -0.1) is 0 Å². The quantitative estimate of drug-likeness (QED) is 0.781. The van der Waals surface area contributed by atoms with Crippen molar-refractivity contribution in [2.75, 3.05) is 13.1 Å². The lowest BCUT2D eigenvalue weighted by Crippen LogP contribution is -2.41. The van der Waals surface area contributed by atoms with Gasteiger partial charge in [0, 0.05) is 31.5 Å². The topological polar surface area (TPSA) is 83.6 Å². The van der Waals surface area contributed by atoms with Gasteiger partial charge < -0.3 is 15.7 Å². The lowest BCUT2D eigenvalue weighted by molar-refractivity contribution is -0.139. The highest BCUT2D eigenvalue weighted by atomic mass is 16.4. The number of nitrogens with two attached hydrogens (primary N) is 1. The van der Waals surface area contributed by atoms with Crippen LogP contribution in [0.5, 0.6) is 0 Å². The van der Waals surface area contributed by atoms with Crippen molar-refractivity contribution in [2.45, 2.75) is 44.6 Å². The highest BCUT2D eigenvalue weighted by molar-refractivity contribution is 5.79. The molecule has 2 aliphatic rings. The maximum absolute atomic E-state index is 12.2. The van der Waals surface area contributed by atoms with Crippen LogP contribution in [0.3, 0.4) is 0 Å². The molecule has 2 fully saturated rings. The minimum Gasteiger partial charge on any atom is -0.481 e. The molecule has 1 saturated heterocycles. The average Bonchev–Trinajstić information content (AvgIpc) is 2.75. The van der Waals surface area contributed by atoms with Gasteiger partial charge in [-0.25, -0.2) is 0 Å². The van der Waals surface area contributed by atoms with Crippen molar-refractivity contribution in [1.29, 1.82) is 0 Å². The Kier molecular flexibility index (Phi) is 4.22. The van der Waals surface area contributed by atoms with Gasteiger partial charge in [-0.05, 0) is 38.0 Å². The first-order chi connectivity index (χ1) is 8.56. The summed E-state index contributed by atoms with van der Waals surface area (Å²) in [6.07, 6.45) is 4.54. The summed E-state index contributed by atoms with van der Waals surface area (Å²) < 4.78 is 0. The van der Waals surface area contributed by atoms with E-state index in [9.17, 15) is 9.59 Å². The fourth-order valence-corrected chi connectivity index (χ4v) is 3.10. The van der Waals surface area contributed by atoms with Crippen molar-refractivity contribution in [2.24, 2.45) is 17.6 Å². The first-order valence-electron chi connectivity index (χ1n) is 6.82. The van der Waals surface area contributed by atoms with Crippen LogP contribution >= 0.6 is 0 Å². The van der Waals surface area contributed by atoms with Crippen LogP contribution < -0.4 is 5.73 Å². The molecular weight excluding hydrogens is 232 g/mol. The second kappa shape index (κ2) is 5.69. The second-order valence-corrected chi connectivity index (χ2v) is 5.64. The largest absolute Gasteiger partial charge is 0.481 e. The molecule has 0 spiro atoms. The Morgan fingerprint density at radius 3 is 2.33 bits per heavy atom. The number of aliphatic carboxylic acids is 1. The van der Waals surface area contributed by atoms with E-state index in [1.807, 2.05) is 4.90 Å². The number of piperidine rings is 1. The number of likely N-dealkylation sites (tertiary alicyclic amines) is 1.